The lowest BCUT2D eigenvalue weighted by molar-refractivity contribution is -0.0424. The summed E-state index contributed by atoms with van der Waals surface area (Å²) in [5.74, 6) is 0. The van der Waals surface area contributed by atoms with Crippen molar-refractivity contribution in [3.8, 4) is 0 Å². The molecule has 150 valence electrons. The molecule has 2 aliphatic rings. The van der Waals surface area contributed by atoms with Gasteiger partial charge in [0.2, 0.25) is 5.56 Å². The maximum atomic E-state index is 12.7. The molecule has 2 aliphatic heterocycles. The maximum absolute atomic E-state index is 12.7. The number of nitrogens with zero attached hydrogens (tertiary/aromatic N) is 4. The highest BCUT2D eigenvalue weighted by molar-refractivity contribution is 6.33. The molecule has 1 unspecified atom stereocenters. The molecule has 9 heteroatoms. The summed E-state index contributed by atoms with van der Waals surface area (Å²) in [4.78, 5) is 31.3. The van der Waals surface area contributed by atoms with Crippen LogP contribution in [0.2, 0.25) is 5.02 Å². The van der Waals surface area contributed by atoms with Gasteiger partial charge in [-0.3, -0.25) is 14.5 Å². The molecule has 0 aliphatic carbocycles. The van der Waals surface area contributed by atoms with Crippen LogP contribution in [0.4, 0.5) is 5.69 Å². The molecule has 0 saturated carbocycles. The highest BCUT2D eigenvalue weighted by atomic mass is 35.5. The SMILES string of the molecule is O=c1cccc(CN2CCN(c3cnn(C4CCCCO4)c(=O)c3Cl)CC2)[nH]1. The van der Waals surface area contributed by atoms with Crippen LogP contribution in [0, 0.1) is 0 Å². The summed E-state index contributed by atoms with van der Waals surface area (Å²) >= 11 is 6.41. The number of nitrogens with one attached hydrogen (secondary N) is 1. The van der Waals surface area contributed by atoms with Gasteiger partial charge in [-0.2, -0.15) is 9.78 Å². The predicted molar refractivity (Wildman–Crippen MR) is 107 cm³/mol. The summed E-state index contributed by atoms with van der Waals surface area (Å²) in [5, 5.41) is 4.53. The molecule has 8 nitrogen and oxygen atoms in total. The van der Waals surface area contributed by atoms with Crippen LogP contribution >= 0.6 is 11.6 Å². The minimum absolute atomic E-state index is 0.0866. The van der Waals surface area contributed by atoms with Gasteiger partial charge in [0.05, 0.1) is 11.9 Å². The molecule has 1 atom stereocenters. The first-order valence-electron chi connectivity index (χ1n) is 9.66. The van der Waals surface area contributed by atoms with E-state index in [1.54, 1.807) is 12.3 Å². The second-order valence-electron chi connectivity index (χ2n) is 7.22. The number of anilines is 1. The number of H-pyrrole nitrogens is 1. The average Bonchev–Trinajstić information content (AvgIpc) is 2.71. The van der Waals surface area contributed by atoms with Crippen LogP contribution in [0.3, 0.4) is 0 Å². The normalized spacial score (nSPS) is 21.0. The molecule has 0 bridgehead atoms. The van der Waals surface area contributed by atoms with Crippen molar-refractivity contribution in [1.29, 1.82) is 0 Å². The van der Waals surface area contributed by atoms with Crippen LogP contribution in [0.1, 0.15) is 31.2 Å². The molecular weight excluding hydrogens is 382 g/mol. The van der Waals surface area contributed by atoms with Gasteiger partial charge in [0.15, 0.2) is 6.23 Å². The summed E-state index contributed by atoms with van der Waals surface area (Å²) in [5.41, 5.74) is 1.19. The predicted octanol–water partition coefficient (Wildman–Crippen LogP) is 1.61. The lowest BCUT2D eigenvalue weighted by Crippen LogP contribution is -2.47. The number of piperazine rings is 1. The number of ether oxygens (including phenoxy) is 1. The fourth-order valence-corrected chi connectivity index (χ4v) is 4.01. The van der Waals surface area contributed by atoms with E-state index in [-0.39, 0.29) is 22.4 Å². The van der Waals surface area contributed by atoms with Gasteiger partial charge < -0.3 is 14.6 Å². The summed E-state index contributed by atoms with van der Waals surface area (Å²) < 4.78 is 7.03. The second-order valence-corrected chi connectivity index (χ2v) is 7.60. The van der Waals surface area contributed by atoms with Crippen molar-refractivity contribution in [2.24, 2.45) is 0 Å². The van der Waals surface area contributed by atoms with Gasteiger partial charge in [0.25, 0.3) is 5.56 Å². The fourth-order valence-electron chi connectivity index (χ4n) is 3.75. The molecule has 2 saturated heterocycles. The zero-order chi connectivity index (χ0) is 19.5. The first-order chi connectivity index (χ1) is 13.6. The quantitative estimate of drug-likeness (QED) is 0.832. The number of halogens is 1. The zero-order valence-electron chi connectivity index (χ0n) is 15.6. The van der Waals surface area contributed by atoms with E-state index in [1.165, 1.54) is 10.7 Å². The molecule has 4 heterocycles. The minimum atomic E-state index is -0.322. The summed E-state index contributed by atoms with van der Waals surface area (Å²) in [6.45, 7) is 4.43. The third-order valence-corrected chi connectivity index (χ3v) is 5.64. The highest BCUT2D eigenvalue weighted by Gasteiger charge is 2.24. The van der Waals surface area contributed by atoms with Crippen LogP contribution in [0.5, 0.6) is 0 Å². The van der Waals surface area contributed by atoms with Gasteiger partial charge in [0.1, 0.15) is 5.02 Å². The maximum Gasteiger partial charge on any atom is 0.290 e. The van der Waals surface area contributed by atoms with Crippen molar-refractivity contribution in [3.63, 3.8) is 0 Å². The first kappa shape index (κ1) is 19.2. The first-order valence-corrected chi connectivity index (χ1v) is 10.0. The Bertz CT molecular complexity index is 930. The van der Waals surface area contributed by atoms with Crippen molar-refractivity contribution >= 4 is 17.3 Å². The summed E-state index contributed by atoms with van der Waals surface area (Å²) in [6.07, 6.45) is 4.16. The van der Waals surface area contributed by atoms with E-state index in [2.05, 4.69) is 19.9 Å². The minimum Gasteiger partial charge on any atom is -0.366 e. The van der Waals surface area contributed by atoms with E-state index in [4.69, 9.17) is 16.3 Å². The molecular formula is C19H24ClN5O3. The summed E-state index contributed by atoms with van der Waals surface area (Å²) in [6, 6.07) is 5.19. The van der Waals surface area contributed by atoms with E-state index < -0.39 is 0 Å². The van der Waals surface area contributed by atoms with Crippen molar-refractivity contribution in [3.05, 3.63) is 55.8 Å². The van der Waals surface area contributed by atoms with E-state index in [0.717, 1.165) is 51.1 Å². The average molecular weight is 406 g/mol. The van der Waals surface area contributed by atoms with Gasteiger partial charge in [-0.15, -0.1) is 0 Å². The number of aromatic nitrogens is 3. The van der Waals surface area contributed by atoms with Gasteiger partial charge in [-0.25, -0.2) is 0 Å². The van der Waals surface area contributed by atoms with E-state index in [0.29, 0.717) is 18.8 Å². The van der Waals surface area contributed by atoms with Crippen molar-refractivity contribution in [1.82, 2.24) is 19.7 Å². The Kier molecular flexibility index (Phi) is 5.79. The number of rotatable bonds is 4. The molecule has 28 heavy (non-hydrogen) atoms. The lowest BCUT2D eigenvalue weighted by atomic mass is 10.2. The smallest absolute Gasteiger partial charge is 0.290 e. The Hall–Kier alpha value is -2.16. The van der Waals surface area contributed by atoms with Crippen LogP contribution < -0.4 is 16.0 Å². The number of pyridine rings is 1. The Morgan fingerprint density at radius 1 is 1.18 bits per heavy atom. The van der Waals surface area contributed by atoms with Gasteiger partial charge in [-0.05, 0) is 25.3 Å². The molecule has 0 aromatic carbocycles. The molecule has 4 rings (SSSR count). The largest absolute Gasteiger partial charge is 0.366 e. The van der Waals surface area contributed by atoms with Crippen LogP contribution in [-0.4, -0.2) is 52.5 Å². The van der Waals surface area contributed by atoms with Crippen LogP contribution in [0.25, 0.3) is 0 Å². The molecule has 2 aromatic rings. The van der Waals surface area contributed by atoms with Crippen molar-refractivity contribution < 1.29 is 4.74 Å². The number of hydrogen-bond acceptors (Lipinski definition) is 6. The van der Waals surface area contributed by atoms with E-state index in [9.17, 15) is 9.59 Å². The van der Waals surface area contributed by atoms with Crippen molar-refractivity contribution in [2.45, 2.75) is 32.0 Å². The number of hydrogen-bond donors (Lipinski definition) is 1. The van der Waals surface area contributed by atoms with Crippen LogP contribution in [0.15, 0.2) is 34.0 Å². The van der Waals surface area contributed by atoms with Gasteiger partial charge >= 0.3 is 0 Å². The molecule has 0 spiro atoms. The summed E-state index contributed by atoms with van der Waals surface area (Å²) in [7, 11) is 0. The Balaban J connectivity index is 1.42. The zero-order valence-corrected chi connectivity index (χ0v) is 16.4. The standard InChI is InChI=1S/C19H24ClN5O3/c20-18-15(12-21-25(19(18)27)17-6-1-2-11-28-17)24-9-7-23(8-10-24)13-14-4-3-5-16(26)22-14/h3-5,12,17H,1-2,6-11,13H2,(H,22,26). The Morgan fingerprint density at radius 2 is 2.00 bits per heavy atom. The molecule has 2 fully saturated rings. The molecule has 0 radical (unpaired) electrons. The Morgan fingerprint density at radius 3 is 2.71 bits per heavy atom. The highest BCUT2D eigenvalue weighted by Crippen LogP contribution is 2.25. The third kappa shape index (κ3) is 4.14. The van der Waals surface area contributed by atoms with Crippen LogP contribution in [-0.2, 0) is 11.3 Å². The van der Waals surface area contributed by atoms with E-state index in [1.807, 2.05) is 6.07 Å². The number of aromatic amines is 1. The fraction of sp³-hybridized carbons (Fsp3) is 0.526. The molecule has 1 N–H and O–H groups in total. The topological polar surface area (TPSA) is 83.5 Å². The van der Waals surface area contributed by atoms with Gasteiger partial charge in [0, 0.05) is 51.1 Å². The van der Waals surface area contributed by atoms with E-state index >= 15 is 0 Å². The van der Waals surface area contributed by atoms with Crippen molar-refractivity contribution in [2.75, 3.05) is 37.7 Å². The Labute approximate surface area is 167 Å². The molecule has 0 amide bonds. The van der Waals surface area contributed by atoms with Gasteiger partial charge in [-0.1, -0.05) is 17.7 Å². The lowest BCUT2D eigenvalue weighted by Gasteiger charge is -2.36. The molecule has 2 aromatic heterocycles. The second kappa shape index (κ2) is 8.46. The monoisotopic (exact) mass is 405 g/mol. The third-order valence-electron chi connectivity index (χ3n) is 5.29.